The number of halogens is 1. The molecule has 5 heteroatoms. The molecular formula is C16H15BrN2O2. The molecule has 2 rings (SSSR count). The van der Waals surface area contributed by atoms with Gasteiger partial charge in [0.05, 0.1) is 28.8 Å². The van der Waals surface area contributed by atoms with E-state index in [1.807, 2.05) is 26.0 Å². The summed E-state index contributed by atoms with van der Waals surface area (Å²) in [7, 11) is 1.38. The van der Waals surface area contributed by atoms with Crippen molar-refractivity contribution in [1.29, 1.82) is 5.26 Å². The van der Waals surface area contributed by atoms with Gasteiger partial charge < -0.3 is 9.30 Å². The van der Waals surface area contributed by atoms with E-state index in [4.69, 9.17) is 10.00 Å². The van der Waals surface area contributed by atoms with Crippen molar-refractivity contribution in [2.45, 2.75) is 20.4 Å². The van der Waals surface area contributed by atoms with Crippen LogP contribution in [0, 0.1) is 25.2 Å². The van der Waals surface area contributed by atoms with Gasteiger partial charge in [0.2, 0.25) is 0 Å². The number of hydrogen-bond donors (Lipinski definition) is 0. The van der Waals surface area contributed by atoms with Crippen LogP contribution in [0.3, 0.4) is 0 Å². The number of ether oxygens (including phenoxy) is 1. The molecule has 1 heterocycles. The monoisotopic (exact) mass is 346 g/mol. The molecule has 0 unspecified atom stereocenters. The Balaban J connectivity index is 2.40. The van der Waals surface area contributed by atoms with Crippen LogP contribution in [-0.4, -0.2) is 17.6 Å². The number of nitrogens with zero attached hydrogens (tertiary/aromatic N) is 2. The SMILES string of the molecule is COC(=O)c1c(Br)c(C)n(Cc2ccc(C#N)cc2)c1C. The van der Waals surface area contributed by atoms with Crippen molar-refractivity contribution in [1.82, 2.24) is 4.57 Å². The Morgan fingerprint density at radius 2 is 1.90 bits per heavy atom. The molecule has 108 valence electrons. The smallest absolute Gasteiger partial charge is 0.340 e. The normalized spacial score (nSPS) is 10.2. The van der Waals surface area contributed by atoms with Gasteiger partial charge in [-0.3, -0.25) is 0 Å². The molecule has 1 aromatic heterocycles. The van der Waals surface area contributed by atoms with Crippen LogP contribution >= 0.6 is 15.9 Å². The van der Waals surface area contributed by atoms with Gasteiger partial charge >= 0.3 is 5.97 Å². The molecule has 0 amide bonds. The highest BCUT2D eigenvalue weighted by Crippen LogP contribution is 2.29. The zero-order valence-electron chi connectivity index (χ0n) is 12.1. The molecule has 0 N–H and O–H groups in total. The Hall–Kier alpha value is -2.06. The first-order valence-electron chi connectivity index (χ1n) is 6.42. The summed E-state index contributed by atoms with van der Waals surface area (Å²) in [4.78, 5) is 11.9. The van der Waals surface area contributed by atoms with Gasteiger partial charge in [-0.05, 0) is 47.5 Å². The van der Waals surface area contributed by atoms with Crippen molar-refractivity contribution < 1.29 is 9.53 Å². The summed E-state index contributed by atoms with van der Waals surface area (Å²) < 4.78 is 7.65. The Morgan fingerprint density at radius 1 is 1.29 bits per heavy atom. The minimum atomic E-state index is -0.346. The van der Waals surface area contributed by atoms with Crippen LogP contribution in [0.2, 0.25) is 0 Å². The van der Waals surface area contributed by atoms with Crippen molar-refractivity contribution in [2.24, 2.45) is 0 Å². The first-order valence-corrected chi connectivity index (χ1v) is 7.21. The molecule has 1 aromatic carbocycles. The average Bonchev–Trinajstić information content (AvgIpc) is 2.71. The van der Waals surface area contributed by atoms with Crippen molar-refractivity contribution >= 4 is 21.9 Å². The molecule has 21 heavy (non-hydrogen) atoms. The first kappa shape index (κ1) is 15.3. The number of carbonyl (C=O) groups is 1. The maximum Gasteiger partial charge on any atom is 0.340 e. The van der Waals surface area contributed by atoms with Gasteiger partial charge in [0, 0.05) is 17.9 Å². The minimum absolute atomic E-state index is 0.346. The molecule has 0 saturated carbocycles. The minimum Gasteiger partial charge on any atom is -0.465 e. The highest BCUT2D eigenvalue weighted by atomic mass is 79.9. The van der Waals surface area contributed by atoms with Gasteiger partial charge in [0.25, 0.3) is 0 Å². The third-order valence-electron chi connectivity index (χ3n) is 3.52. The summed E-state index contributed by atoms with van der Waals surface area (Å²) in [5, 5.41) is 8.82. The standard InChI is InChI=1S/C16H15BrN2O2/c1-10-14(16(20)21-3)15(17)11(2)19(10)9-13-6-4-12(8-18)5-7-13/h4-7H,9H2,1-3H3. The zero-order valence-corrected chi connectivity index (χ0v) is 13.7. The van der Waals surface area contributed by atoms with E-state index in [9.17, 15) is 4.79 Å². The van der Waals surface area contributed by atoms with Crippen LogP contribution in [0.4, 0.5) is 0 Å². The van der Waals surface area contributed by atoms with Gasteiger partial charge in [0.1, 0.15) is 0 Å². The fourth-order valence-electron chi connectivity index (χ4n) is 2.29. The number of rotatable bonds is 3. The molecule has 0 saturated heterocycles. The predicted octanol–water partition coefficient (Wildman–Crippen LogP) is 3.57. The first-order chi connectivity index (χ1) is 9.99. The van der Waals surface area contributed by atoms with Crippen molar-refractivity contribution in [3.05, 3.63) is 56.8 Å². The molecule has 0 bridgehead atoms. The van der Waals surface area contributed by atoms with Crippen LogP contribution in [0.1, 0.15) is 32.9 Å². The molecule has 0 atom stereocenters. The van der Waals surface area contributed by atoms with Gasteiger partial charge in [0.15, 0.2) is 0 Å². The number of hydrogen-bond acceptors (Lipinski definition) is 3. The molecule has 4 nitrogen and oxygen atoms in total. The van der Waals surface area contributed by atoms with E-state index in [2.05, 4.69) is 26.6 Å². The van der Waals surface area contributed by atoms with Crippen LogP contribution in [0.5, 0.6) is 0 Å². The van der Waals surface area contributed by atoms with E-state index >= 15 is 0 Å². The highest BCUT2D eigenvalue weighted by Gasteiger charge is 2.22. The third-order valence-corrected chi connectivity index (χ3v) is 4.49. The zero-order chi connectivity index (χ0) is 15.6. The topological polar surface area (TPSA) is 55.0 Å². The fraction of sp³-hybridized carbons (Fsp3) is 0.250. The number of benzene rings is 1. The number of methoxy groups -OCH3 is 1. The maximum absolute atomic E-state index is 11.9. The molecule has 2 aromatic rings. The largest absolute Gasteiger partial charge is 0.465 e. The van der Waals surface area contributed by atoms with Gasteiger partial charge in [-0.2, -0.15) is 5.26 Å². The van der Waals surface area contributed by atoms with Gasteiger partial charge in [-0.1, -0.05) is 12.1 Å². The number of nitriles is 1. The van der Waals surface area contributed by atoms with Gasteiger partial charge in [-0.15, -0.1) is 0 Å². The quantitative estimate of drug-likeness (QED) is 0.798. The fourth-order valence-corrected chi connectivity index (χ4v) is 2.95. The molecular weight excluding hydrogens is 332 g/mol. The summed E-state index contributed by atoms with van der Waals surface area (Å²) in [6, 6.07) is 9.52. The Morgan fingerprint density at radius 3 is 2.43 bits per heavy atom. The average molecular weight is 347 g/mol. The Labute approximate surface area is 132 Å². The van der Waals surface area contributed by atoms with E-state index in [1.54, 1.807) is 12.1 Å². The second-order valence-electron chi connectivity index (χ2n) is 4.75. The summed E-state index contributed by atoms with van der Waals surface area (Å²) in [5.74, 6) is -0.346. The van der Waals surface area contributed by atoms with E-state index in [0.717, 1.165) is 21.4 Å². The summed E-state index contributed by atoms with van der Waals surface area (Å²) >= 11 is 3.46. The van der Waals surface area contributed by atoms with Crippen LogP contribution in [0.25, 0.3) is 0 Å². The number of esters is 1. The number of carbonyl (C=O) groups excluding carboxylic acids is 1. The van der Waals surface area contributed by atoms with Crippen LogP contribution < -0.4 is 0 Å². The van der Waals surface area contributed by atoms with E-state index in [-0.39, 0.29) is 5.97 Å². The molecule has 0 aliphatic heterocycles. The third kappa shape index (κ3) is 2.86. The highest BCUT2D eigenvalue weighted by molar-refractivity contribution is 9.10. The lowest BCUT2D eigenvalue weighted by Gasteiger charge is -2.09. The Bertz CT molecular complexity index is 724. The van der Waals surface area contributed by atoms with E-state index in [0.29, 0.717) is 17.7 Å². The molecule has 0 fully saturated rings. The lowest BCUT2D eigenvalue weighted by molar-refractivity contribution is 0.0599. The molecule has 0 spiro atoms. The van der Waals surface area contributed by atoms with Crippen molar-refractivity contribution in [2.75, 3.05) is 7.11 Å². The molecule has 0 aliphatic carbocycles. The van der Waals surface area contributed by atoms with E-state index < -0.39 is 0 Å². The van der Waals surface area contributed by atoms with Crippen LogP contribution in [-0.2, 0) is 11.3 Å². The van der Waals surface area contributed by atoms with E-state index in [1.165, 1.54) is 7.11 Å². The second-order valence-corrected chi connectivity index (χ2v) is 5.54. The second kappa shape index (κ2) is 6.15. The lowest BCUT2D eigenvalue weighted by atomic mass is 10.1. The lowest BCUT2D eigenvalue weighted by Crippen LogP contribution is -2.07. The maximum atomic E-state index is 11.9. The summed E-state index contributed by atoms with van der Waals surface area (Å²) in [6.07, 6.45) is 0. The van der Waals surface area contributed by atoms with Crippen LogP contribution in [0.15, 0.2) is 28.7 Å². The summed E-state index contributed by atoms with van der Waals surface area (Å²) in [6.45, 7) is 4.49. The van der Waals surface area contributed by atoms with Crippen molar-refractivity contribution in [3.8, 4) is 6.07 Å². The number of aromatic nitrogens is 1. The summed E-state index contributed by atoms with van der Waals surface area (Å²) in [5.41, 5.74) is 4.09. The van der Waals surface area contributed by atoms with Gasteiger partial charge in [-0.25, -0.2) is 4.79 Å². The predicted molar refractivity (Wildman–Crippen MR) is 83.2 cm³/mol. The molecule has 0 aliphatic rings. The Kier molecular flexibility index (Phi) is 4.49. The van der Waals surface area contributed by atoms with Crippen molar-refractivity contribution in [3.63, 3.8) is 0 Å². The molecule has 0 radical (unpaired) electrons.